The lowest BCUT2D eigenvalue weighted by atomic mass is 9.88. The Morgan fingerprint density at radius 2 is 2.12 bits per heavy atom. The molecule has 0 heterocycles. The Hall–Kier alpha value is -0.120. The topological polar surface area (TPSA) is 58.3 Å². The van der Waals surface area contributed by atoms with E-state index < -0.39 is 0 Å². The molecule has 1 saturated carbocycles. The van der Waals surface area contributed by atoms with Crippen LogP contribution >= 0.6 is 0 Å². The summed E-state index contributed by atoms with van der Waals surface area (Å²) in [5.74, 6) is 0.439. The molecule has 0 aromatic rings. The van der Waals surface area contributed by atoms with Crippen molar-refractivity contribution >= 4 is 0 Å². The largest absolute Gasteiger partial charge is 0.396 e. The van der Waals surface area contributed by atoms with E-state index in [0.717, 1.165) is 25.7 Å². The normalized spacial score (nSPS) is 29.2. The van der Waals surface area contributed by atoms with Crippen molar-refractivity contribution in [2.75, 3.05) is 13.2 Å². The van der Waals surface area contributed by atoms with Gasteiger partial charge in [0.15, 0.2) is 0 Å². The predicted molar refractivity (Wildman–Crippen MR) is 68.3 cm³/mol. The summed E-state index contributed by atoms with van der Waals surface area (Å²) in [5.41, 5.74) is 6.04. The summed E-state index contributed by atoms with van der Waals surface area (Å²) in [6, 6.07) is 0.472. The van der Waals surface area contributed by atoms with E-state index in [1.165, 1.54) is 12.8 Å². The third-order valence-electron chi connectivity index (χ3n) is 4.18. The highest BCUT2D eigenvalue weighted by Gasteiger charge is 2.34. The van der Waals surface area contributed by atoms with Gasteiger partial charge in [0, 0.05) is 24.7 Å². The van der Waals surface area contributed by atoms with Gasteiger partial charge < -0.3 is 16.2 Å². The molecule has 0 aliphatic heterocycles. The van der Waals surface area contributed by atoms with Crippen LogP contribution in [0.4, 0.5) is 0 Å². The summed E-state index contributed by atoms with van der Waals surface area (Å²) in [4.78, 5) is 0. The van der Waals surface area contributed by atoms with Crippen LogP contribution in [0.2, 0.25) is 0 Å². The molecule has 0 spiro atoms. The van der Waals surface area contributed by atoms with Crippen molar-refractivity contribution in [1.29, 1.82) is 0 Å². The van der Waals surface area contributed by atoms with Crippen LogP contribution in [0.3, 0.4) is 0 Å². The van der Waals surface area contributed by atoms with Gasteiger partial charge in [-0.05, 0) is 31.6 Å². The van der Waals surface area contributed by atoms with Crippen LogP contribution in [0, 0.1) is 5.92 Å². The third kappa shape index (κ3) is 3.19. The van der Waals surface area contributed by atoms with Crippen LogP contribution in [0.25, 0.3) is 0 Å². The van der Waals surface area contributed by atoms with Crippen molar-refractivity contribution in [3.63, 3.8) is 0 Å². The molecule has 0 bridgehead atoms. The number of rotatable bonds is 7. The SMILES string of the molecule is CCCC(CC)(CN)NC1CCCC1CO. The van der Waals surface area contributed by atoms with E-state index in [9.17, 15) is 5.11 Å². The maximum absolute atomic E-state index is 9.34. The molecule has 96 valence electrons. The van der Waals surface area contributed by atoms with E-state index in [4.69, 9.17) is 5.73 Å². The standard InChI is InChI=1S/C13H28N2O/c1-3-8-13(4-2,10-14)15-12-7-5-6-11(12)9-16/h11-12,15-16H,3-10,14H2,1-2H3. The average Bonchev–Trinajstić information content (AvgIpc) is 2.75. The zero-order valence-electron chi connectivity index (χ0n) is 10.8. The van der Waals surface area contributed by atoms with Crippen molar-refractivity contribution in [3.05, 3.63) is 0 Å². The predicted octanol–water partition coefficient (Wildman–Crippen LogP) is 1.64. The molecule has 3 heteroatoms. The summed E-state index contributed by atoms with van der Waals surface area (Å²) < 4.78 is 0. The Morgan fingerprint density at radius 1 is 1.38 bits per heavy atom. The van der Waals surface area contributed by atoms with Crippen LogP contribution in [-0.4, -0.2) is 29.8 Å². The van der Waals surface area contributed by atoms with Gasteiger partial charge in [0.25, 0.3) is 0 Å². The second-order valence-electron chi connectivity index (χ2n) is 5.21. The van der Waals surface area contributed by atoms with Crippen LogP contribution in [0.5, 0.6) is 0 Å². The number of aliphatic hydroxyl groups excluding tert-OH is 1. The van der Waals surface area contributed by atoms with E-state index in [1.54, 1.807) is 0 Å². The molecule has 1 aliphatic rings. The Labute approximate surface area is 99.8 Å². The molecule has 3 unspecified atom stereocenters. The van der Waals surface area contributed by atoms with Gasteiger partial charge in [0.1, 0.15) is 0 Å². The summed E-state index contributed by atoms with van der Waals surface area (Å²) in [6.45, 7) is 5.43. The quantitative estimate of drug-likeness (QED) is 0.621. The summed E-state index contributed by atoms with van der Waals surface area (Å²) in [7, 11) is 0. The van der Waals surface area contributed by atoms with E-state index in [-0.39, 0.29) is 5.54 Å². The highest BCUT2D eigenvalue weighted by atomic mass is 16.3. The van der Waals surface area contributed by atoms with Crippen molar-refractivity contribution in [1.82, 2.24) is 5.32 Å². The molecule has 1 aliphatic carbocycles. The fourth-order valence-corrected chi connectivity index (χ4v) is 2.97. The number of aliphatic hydroxyl groups is 1. The van der Waals surface area contributed by atoms with Gasteiger partial charge >= 0.3 is 0 Å². The van der Waals surface area contributed by atoms with E-state index >= 15 is 0 Å². The average molecular weight is 228 g/mol. The van der Waals surface area contributed by atoms with E-state index in [2.05, 4.69) is 19.2 Å². The van der Waals surface area contributed by atoms with Crippen molar-refractivity contribution < 1.29 is 5.11 Å². The van der Waals surface area contributed by atoms with Crippen molar-refractivity contribution in [2.24, 2.45) is 11.7 Å². The van der Waals surface area contributed by atoms with Crippen molar-refractivity contribution in [2.45, 2.75) is 64.0 Å². The zero-order chi connectivity index (χ0) is 12.0. The first-order valence-corrected chi connectivity index (χ1v) is 6.80. The molecule has 3 atom stereocenters. The van der Waals surface area contributed by atoms with Gasteiger partial charge in [-0.2, -0.15) is 0 Å². The van der Waals surface area contributed by atoms with Gasteiger partial charge in [0.05, 0.1) is 0 Å². The lowest BCUT2D eigenvalue weighted by molar-refractivity contribution is 0.172. The molecule has 16 heavy (non-hydrogen) atoms. The number of nitrogens with one attached hydrogen (secondary N) is 1. The lowest BCUT2D eigenvalue weighted by Gasteiger charge is -2.37. The Kier molecular flexibility index (Phi) is 5.73. The molecular weight excluding hydrogens is 200 g/mol. The molecule has 0 saturated heterocycles. The minimum atomic E-state index is 0.0944. The monoisotopic (exact) mass is 228 g/mol. The zero-order valence-corrected chi connectivity index (χ0v) is 10.8. The van der Waals surface area contributed by atoms with Gasteiger partial charge in [-0.1, -0.05) is 26.7 Å². The van der Waals surface area contributed by atoms with Gasteiger partial charge in [-0.3, -0.25) is 0 Å². The summed E-state index contributed by atoms with van der Waals surface area (Å²) in [5, 5.41) is 13.1. The summed E-state index contributed by atoms with van der Waals surface area (Å²) in [6.07, 6.45) is 6.95. The highest BCUT2D eigenvalue weighted by Crippen LogP contribution is 2.28. The molecule has 0 radical (unpaired) electrons. The fraction of sp³-hybridized carbons (Fsp3) is 1.00. The van der Waals surface area contributed by atoms with Crippen LogP contribution in [0.1, 0.15) is 52.4 Å². The summed E-state index contributed by atoms with van der Waals surface area (Å²) >= 11 is 0. The lowest BCUT2D eigenvalue weighted by Crippen LogP contribution is -2.56. The first-order chi connectivity index (χ1) is 7.71. The Balaban J connectivity index is 2.59. The van der Waals surface area contributed by atoms with Gasteiger partial charge in [-0.25, -0.2) is 0 Å². The highest BCUT2D eigenvalue weighted by molar-refractivity contribution is 4.94. The number of hydrogen-bond donors (Lipinski definition) is 3. The molecule has 1 fully saturated rings. The third-order valence-corrected chi connectivity index (χ3v) is 4.18. The maximum atomic E-state index is 9.34. The van der Waals surface area contributed by atoms with Crippen LogP contribution in [0.15, 0.2) is 0 Å². The van der Waals surface area contributed by atoms with Crippen molar-refractivity contribution in [3.8, 4) is 0 Å². The smallest absolute Gasteiger partial charge is 0.0474 e. The van der Waals surface area contributed by atoms with Gasteiger partial charge in [-0.15, -0.1) is 0 Å². The Bertz CT molecular complexity index is 192. The first-order valence-electron chi connectivity index (χ1n) is 6.80. The molecule has 1 rings (SSSR count). The molecule has 3 nitrogen and oxygen atoms in total. The van der Waals surface area contributed by atoms with Gasteiger partial charge in [0.2, 0.25) is 0 Å². The first kappa shape index (κ1) is 13.9. The second kappa shape index (κ2) is 6.58. The molecule has 4 N–H and O–H groups in total. The number of nitrogens with two attached hydrogens (primary N) is 1. The molecule has 0 aromatic heterocycles. The molecular formula is C13H28N2O. The second-order valence-corrected chi connectivity index (χ2v) is 5.21. The van der Waals surface area contributed by atoms with E-state index in [1.807, 2.05) is 0 Å². The molecule has 0 amide bonds. The number of hydrogen-bond acceptors (Lipinski definition) is 3. The van der Waals surface area contributed by atoms with E-state index in [0.29, 0.717) is 25.1 Å². The fourth-order valence-electron chi connectivity index (χ4n) is 2.97. The Morgan fingerprint density at radius 3 is 2.62 bits per heavy atom. The van der Waals surface area contributed by atoms with Crippen LogP contribution in [-0.2, 0) is 0 Å². The minimum Gasteiger partial charge on any atom is -0.396 e. The minimum absolute atomic E-state index is 0.0944. The molecule has 0 aromatic carbocycles. The van der Waals surface area contributed by atoms with Crippen LogP contribution < -0.4 is 11.1 Å². The maximum Gasteiger partial charge on any atom is 0.0474 e.